The third-order valence-corrected chi connectivity index (χ3v) is 7.11. The highest BCUT2D eigenvalue weighted by atomic mass is 35.5. The predicted octanol–water partition coefficient (Wildman–Crippen LogP) is 5.32. The van der Waals surface area contributed by atoms with E-state index in [0.29, 0.717) is 18.7 Å². The maximum atomic E-state index is 13.4. The van der Waals surface area contributed by atoms with E-state index in [1.807, 2.05) is 33.4 Å². The van der Waals surface area contributed by atoms with Crippen molar-refractivity contribution in [1.82, 2.24) is 14.0 Å². The number of aryl methyl sites for hydroxylation is 1. The number of imidazole rings is 1. The summed E-state index contributed by atoms with van der Waals surface area (Å²) >= 11 is 0. The van der Waals surface area contributed by atoms with Gasteiger partial charge in [-0.25, -0.2) is 9.18 Å². The van der Waals surface area contributed by atoms with Gasteiger partial charge in [0.25, 0.3) is 0 Å². The molecule has 1 aliphatic rings. The molecule has 2 heterocycles. The van der Waals surface area contributed by atoms with E-state index >= 15 is 0 Å². The molecular weight excluding hydrogens is 477 g/mol. The minimum absolute atomic E-state index is 0. The number of para-hydroxylation sites is 2. The van der Waals surface area contributed by atoms with Crippen LogP contribution >= 0.6 is 12.4 Å². The summed E-state index contributed by atoms with van der Waals surface area (Å²) in [7, 11) is 0. The Hall–Kier alpha value is -3.22. The molecule has 0 atom stereocenters. The van der Waals surface area contributed by atoms with Crippen LogP contribution in [0.15, 0.2) is 77.6 Å². The van der Waals surface area contributed by atoms with E-state index in [1.54, 1.807) is 12.1 Å². The normalized spacial score (nSPS) is 14.6. The molecule has 0 spiro atoms. The molecule has 188 valence electrons. The second kappa shape index (κ2) is 11.2. The molecule has 0 bridgehead atoms. The molecule has 1 saturated heterocycles. The molecule has 3 aromatic carbocycles. The van der Waals surface area contributed by atoms with Gasteiger partial charge in [-0.3, -0.25) is 13.9 Å². The Morgan fingerprint density at radius 1 is 0.861 bits per heavy atom. The number of piperidine rings is 1. The average Bonchev–Trinajstić information content (AvgIpc) is 3.15. The summed E-state index contributed by atoms with van der Waals surface area (Å²) < 4.78 is 16.9. The van der Waals surface area contributed by atoms with Gasteiger partial charge >= 0.3 is 5.69 Å². The molecule has 5 rings (SSSR count). The molecule has 1 fully saturated rings. The molecule has 0 unspecified atom stereocenters. The zero-order valence-corrected chi connectivity index (χ0v) is 21.2. The first-order valence-corrected chi connectivity index (χ1v) is 12.3. The predicted molar refractivity (Wildman–Crippen MR) is 144 cm³/mol. The molecule has 0 aliphatic carbocycles. The lowest BCUT2D eigenvalue weighted by atomic mass is 9.89. The van der Waals surface area contributed by atoms with Gasteiger partial charge < -0.3 is 4.90 Å². The van der Waals surface area contributed by atoms with Gasteiger partial charge in [0.2, 0.25) is 0 Å². The Labute approximate surface area is 216 Å². The maximum absolute atomic E-state index is 13.4. The topological polar surface area (TPSA) is 47.2 Å². The Morgan fingerprint density at radius 2 is 1.47 bits per heavy atom. The smallest absolute Gasteiger partial charge is 0.302 e. The number of aromatic nitrogens is 2. The van der Waals surface area contributed by atoms with Crippen LogP contribution in [0.2, 0.25) is 0 Å². The number of nitrogens with zero attached hydrogens (tertiary/aromatic N) is 3. The minimum Gasteiger partial charge on any atom is -0.302 e. The monoisotopic (exact) mass is 507 g/mol. The Kier molecular flexibility index (Phi) is 8.07. The molecule has 0 N–H and O–H groups in total. The standard InChI is InChI=1S/C29H30FN3O2.ClH/c1-21-6-8-22(9-7-21)20-33-27-5-3-2-4-26(27)32(29(33)35)19-18-31-16-14-24(15-17-31)28(34)23-10-12-25(30)13-11-23;/h2-13,24H,14-20H2,1H3;1H. The second-order valence-corrected chi connectivity index (χ2v) is 9.48. The lowest BCUT2D eigenvalue weighted by Gasteiger charge is -2.31. The van der Waals surface area contributed by atoms with Crippen molar-refractivity contribution in [1.29, 1.82) is 0 Å². The molecule has 1 aromatic heterocycles. The van der Waals surface area contributed by atoms with Crippen molar-refractivity contribution >= 4 is 29.2 Å². The molecule has 0 radical (unpaired) electrons. The number of carbonyl (C=O) groups excluding carboxylic acids is 1. The highest BCUT2D eigenvalue weighted by Gasteiger charge is 2.26. The lowest BCUT2D eigenvalue weighted by Crippen LogP contribution is -2.39. The van der Waals surface area contributed by atoms with Crippen LogP contribution in [0, 0.1) is 18.7 Å². The number of halogens is 2. The Morgan fingerprint density at radius 3 is 2.11 bits per heavy atom. The Balaban J connectivity index is 0.00000304. The molecule has 1 aliphatic heterocycles. The first-order valence-electron chi connectivity index (χ1n) is 12.3. The number of hydrogen-bond donors (Lipinski definition) is 0. The summed E-state index contributed by atoms with van der Waals surface area (Å²) in [5.41, 5.74) is 4.79. The number of benzene rings is 3. The zero-order chi connectivity index (χ0) is 24.4. The molecule has 36 heavy (non-hydrogen) atoms. The van der Waals surface area contributed by atoms with Crippen molar-refractivity contribution in [2.24, 2.45) is 5.92 Å². The number of carbonyl (C=O) groups is 1. The summed E-state index contributed by atoms with van der Waals surface area (Å²) in [5.74, 6) is -0.261. The SMILES string of the molecule is Cc1ccc(Cn2c(=O)n(CCN3CCC(C(=O)c4ccc(F)cc4)CC3)c3ccccc32)cc1.Cl. The average molecular weight is 508 g/mol. The number of fused-ring (bicyclic) bond motifs is 1. The van der Waals surface area contributed by atoms with Gasteiger partial charge in [0.05, 0.1) is 17.6 Å². The fourth-order valence-corrected chi connectivity index (χ4v) is 5.03. The molecule has 4 aromatic rings. The number of ketones is 1. The van der Waals surface area contributed by atoms with Crippen LogP contribution < -0.4 is 5.69 Å². The van der Waals surface area contributed by atoms with E-state index in [9.17, 15) is 14.0 Å². The fraction of sp³-hybridized carbons (Fsp3) is 0.310. The Bertz CT molecular complexity index is 1390. The van der Waals surface area contributed by atoms with Gasteiger partial charge in [0.15, 0.2) is 5.78 Å². The molecule has 5 nitrogen and oxygen atoms in total. The summed E-state index contributed by atoms with van der Waals surface area (Å²) in [5, 5.41) is 0. The van der Waals surface area contributed by atoms with E-state index in [0.717, 1.165) is 49.1 Å². The molecule has 0 saturated carbocycles. The third kappa shape index (κ3) is 5.45. The maximum Gasteiger partial charge on any atom is 0.329 e. The number of Topliss-reactive ketones (excluding diaryl/α,β-unsaturated/α-hetero) is 1. The molecular formula is C29H31ClFN3O2. The molecule has 0 amide bonds. The molecule has 7 heteroatoms. The van der Waals surface area contributed by atoms with Gasteiger partial charge in [-0.05, 0) is 74.8 Å². The van der Waals surface area contributed by atoms with Crippen molar-refractivity contribution in [3.8, 4) is 0 Å². The van der Waals surface area contributed by atoms with Crippen molar-refractivity contribution in [3.63, 3.8) is 0 Å². The van der Waals surface area contributed by atoms with Crippen LogP contribution in [0.4, 0.5) is 4.39 Å². The van der Waals surface area contributed by atoms with Crippen LogP contribution in [0.25, 0.3) is 11.0 Å². The van der Waals surface area contributed by atoms with Crippen LogP contribution in [-0.2, 0) is 13.1 Å². The number of likely N-dealkylation sites (tertiary alicyclic amines) is 1. The minimum atomic E-state index is -0.327. The quantitative estimate of drug-likeness (QED) is 0.318. The van der Waals surface area contributed by atoms with Crippen molar-refractivity contribution in [2.45, 2.75) is 32.9 Å². The van der Waals surface area contributed by atoms with Crippen LogP contribution in [-0.4, -0.2) is 39.5 Å². The van der Waals surface area contributed by atoms with Crippen molar-refractivity contribution in [2.75, 3.05) is 19.6 Å². The van der Waals surface area contributed by atoms with E-state index in [-0.39, 0.29) is 35.6 Å². The number of hydrogen-bond acceptors (Lipinski definition) is 3. The summed E-state index contributed by atoms with van der Waals surface area (Å²) in [6.07, 6.45) is 1.56. The van der Waals surface area contributed by atoms with E-state index in [1.165, 1.54) is 17.7 Å². The van der Waals surface area contributed by atoms with Gasteiger partial charge in [0.1, 0.15) is 5.82 Å². The van der Waals surface area contributed by atoms with Gasteiger partial charge in [-0.15, -0.1) is 12.4 Å². The van der Waals surface area contributed by atoms with Crippen LogP contribution in [0.3, 0.4) is 0 Å². The highest BCUT2D eigenvalue weighted by Crippen LogP contribution is 2.22. The largest absolute Gasteiger partial charge is 0.329 e. The van der Waals surface area contributed by atoms with E-state index in [4.69, 9.17) is 0 Å². The van der Waals surface area contributed by atoms with Crippen molar-refractivity contribution < 1.29 is 9.18 Å². The third-order valence-electron chi connectivity index (χ3n) is 7.11. The summed E-state index contributed by atoms with van der Waals surface area (Å²) in [6.45, 7) is 5.60. The van der Waals surface area contributed by atoms with Crippen LogP contribution in [0.5, 0.6) is 0 Å². The van der Waals surface area contributed by atoms with E-state index in [2.05, 4.69) is 36.1 Å². The first kappa shape index (κ1) is 25.9. The fourth-order valence-electron chi connectivity index (χ4n) is 5.03. The van der Waals surface area contributed by atoms with Crippen molar-refractivity contribution in [3.05, 3.63) is 106 Å². The van der Waals surface area contributed by atoms with E-state index < -0.39 is 0 Å². The zero-order valence-electron chi connectivity index (χ0n) is 20.4. The van der Waals surface area contributed by atoms with Gasteiger partial charge in [-0.1, -0.05) is 42.0 Å². The van der Waals surface area contributed by atoms with Gasteiger partial charge in [0, 0.05) is 24.6 Å². The first-order chi connectivity index (χ1) is 17.0. The number of rotatable bonds is 7. The van der Waals surface area contributed by atoms with Gasteiger partial charge in [-0.2, -0.15) is 0 Å². The van der Waals surface area contributed by atoms with Crippen LogP contribution in [0.1, 0.15) is 34.3 Å². The lowest BCUT2D eigenvalue weighted by molar-refractivity contribution is 0.0837. The summed E-state index contributed by atoms with van der Waals surface area (Å²) in [4.78, 5) is 28.5. The second-order valence-electron chi connectivity index (χ2n) is 9.48. The highest BCUT2D eigenvalue weighted by molar-refractivity contribution is 5.97. The summed E-state index contributed by atoms with van der Waals surface area (Å²) in [6, 6.07) is 22.1.